The highest BCUT2D eigenvalue weighted by molar-refractivity contribution is 5.85. The second-order valence-electron chi connectivity index (χ2n) is 5.25. The molecule has 0 aliphatic carbocycles. The van der Waals surface area contributed by atoms with E-state index in [2.05, 4.69) is 5.32 Å². The molecule has 0 aromatic heterocycles. The van der Waals surface area contributed by atoms with Crippen molar-refractivity contribution in [2.75, 3.05) is 26.7 Å². The van der Waals surface area contributed by atoms with Gasteiger partial charge in [0.05, 0.1) is 13.1 Å². The SMILES string of the molecule is CN(CC(=O)NCC(F)(F)F)C(=O)CNC(C)(C)C. The number of nitrogens with one attached hydrogen (secondary N) is 2. The highest BCUT2D eigenvalue weighted by atomic mass is 19.4. The summed E-state index contributed by atoms with van der Waals surface area (Å²) in [5.74, 6) is -1.21. The van der Waals surface area contributed by atoms with E-state index in [1.54, 1.807) is 5.32 Å². The summed E-state index contributed by atoms with van der Waals surface area (Å²) < 4.78 is 35.6. The number of hydrogen-bond donors (Lipinski definition) is 2. The van der Waals surface area contributed by atoms with Gasteiger partial charge >= 0.3 is 6.18 Å². The Kier molecular flexibility index (Phi) is 6.28. The minimum absolute atomic E-state index is 0.0204. The number of amides is 2. The first-order valence-corrected chi connectivity index (χ1v) is 5.73. The molecule has 0 atom stereocenters. The average molecular weight is 283 g/mol. The number of hydrogen-bond acceptors (Lipinski definition) is 3. The van der Waals surface area contributed by atoms with E-state index in [1.165, 1.54) is 7.05 Å². The molecule has 0 saturated carbocycles. The molecular formula is C11H20F3N3O2. The predicted octanol–water partition coefficient (Wildman–Crippen LogP) is 0.511. The molecule has 0 aliphatic rings. The van der Waals surface area contributed by atoms with Crippen LogP contribution in [0.5, 0.6) is 0 Å². The summed E-state index contributed by atoms with van der Waals surface area (Å²) in [6.07, 6.45) is -4.45. The topological polar surface area (TPSA) is 61.4 Å². The third-order valence-corrected chi connectivity index (χ3v) is 2.06. The molecule has 0 rings (SSSR count). The third-order valence-electron chi connectivity index (χ3n) is 2.06. The molecule has 0 radical (unpaired) electrons. The van der Waals surface area contributed by atoms with Gasteiger partial charge in [0.15, 0.2) is 0 Å². The van der Waals surface area contributed by atoms with E-state index in [1.807, 2.05) is 20.8 Å². The lowest BCUT2D eigenvalue weighted by molar-refractivity contribution is -0.141. The Hall–Kier alpha value is -1.31. The Bertz CT molecular complexity index is 324. The van der Waals surface area contributed by atoms with E-state index in [9.17, 15) is 22.8 Å². The summed E-state index contributed by atoms with van der Waals surface area (Å²) in [4.78, 5) is 23.8. The minimum Gasteiger partial charge on any atom is -0.345 e. The van der Waals surface area contributed by atoms with Crippen LogP contribution in [-0.4, -0.2) is 55.1 Å². The molecule has 0 heterocycles. The predicted molar refractivity (Wildman–Crippen MR) is 64.5 cm³/mol. The highest BCUT2D eigenvalue weighted by Gasteiger charge is 2.28. The van der Waals surface area contributed by atoms with E-state index in [0.717, 1.165) is 4.90 Å². The Morgan fingerprint density at radius 3 is 2.11 bits per heavy atom. The Balaban J connectivity index is 4.05. The first-order valence-electron chi connectivity index (χ1n) is 5.73. The summed E-state index contributed by atoms with van der Waals surface area (Å²) in [5, 5.41) is 4.63. The van der Waals surface area contributed by atoms with E-state index in [0.29, 0.717) is 0 Å². The molecule has 112 valence electrons. The maximum absolute atomic E-state index is 11.9. The van der Waals surface area contributed by atoms with Crippen LogP contribution in [0.25, 0.3) is 0 Å². The van der Waals surface area contributed by atoms with Crippen molar-refractivity contribution in [2.45, 2.75) is 32.5 Å². The maximum atomic E-state index is 11.9. The zero-order chi connectivity index (χ0) is 15.3. The standard InChI is InChI=1S/C11H20F3N3O2/c1-10(2,3)16-5-9(19)17(4)6-8(18)15-7-11(12,13)14/h16H,5-7H2,1-4H3,(H,15,18). The highest BCUT2D eigenvalue weighted by Crippen LogP contribution is 2.11. The van der Waals surface area contributed by atoms with Gasteiger partial charge in [0.25, 0.3) is 0 Å². The molecule has 0 unspecified atom stereocenters. The molecule has 0 spiro atoms. The van der Waals surface area contributed by atoms with Crippen LogP contribution in [0.4, 0.5) is 13.2 Å². The van der Waals surface area contributed by atoms with Gasteiger partial charge < -0.3 is 15.5 Å². The number of carbonyl (C=O) groups is 2. The van der Waals surface area contributed by atoms with E-state index in [-0.39, 0.29) is 18.0 Å². The molecule has 0 fully saturated rings. The summed E-state index contributed by atoms with van der Waals surface area (Å²) in [6, 6.07) is 0. The van der Waals surface area contributed by atoms with Gasteiger partial charge in [0, 0.05) is 12.6 Å². The smallest absolute Gasteiger partial charge is 0.345 e. The van der Waals surface area contributed by atoms with Crippen LogP contribution in [0, 0.1) is 0 Å². The van der Waals surface area contributed by atoms with Crippen LogP contribution in [0.3, 0.4) is 0 Å². The number of carbonyl (C=O) groups excluding carboxylic acids is 2. The van der Waals surface area contributed by atoms with Crippen molar-refractivity contribution in [3.05, 3.63) is 0 Å². The van der Waals surface area contributed by atoms with Crippen LogP contribution in [0.15, 0.2) is 0 Å². The zero-order valence-electron chi connectivity index (χ0n) is 11.5. The van der Waals surface area contributed by atoms with Gasteiger partial charge in [-0.05, 0) is 20.8 Å². The molecule has 5 nitrogen and oxygen atoms in total. The van der Waals surface area contributed by atoms with Gasteiger partial charge in [-0.3, -0.25) is 9.59 Å². The summed E-state index contributed by atoms with van der Waals surface area (Å²) >= 11 is 0. The van der Waals surface area contributed by atoms with Gasteiger partial charge in [-0.2, -0.15) is 13.2 Å². The summed E-state index contributed by atoms with van der Waals surface area (Å²) in [7, 11) is 1.36. The first-order chi connectivity index (χ1) is 8.41. The lowest BCUT2D eigenvalue weighted by Gasteiger charge is -2.23. The first kappa shape index (κ1) is 17.7. The summed E-state index contributed by atoms with van der Waals surface area (Å²) in [6.45, 7) is 3.84. The maximum Gasteiger partial charge on any atom is 0.405 e. The van der Waals surface area contributed by atoms with E-state index < -0.39 is 25.2 Å². The third kappa shape index (κ3) is 10.3. The average Bonchev–Trinajstić information content (AvgIpc) is 2.21. The fourth-order valence-electron chi connectivity index (χ4n) is 1.03. The quantitative estimate of drug-likeness (QED) is 0.773. The molecule has 8 heteroatoms. The van der Waals surface area contributed by atoms with Crippen LogP contribution < -0.4 is 10.6 Å². The van der Waals surface area contributed by atoms with Crippen molar-refractivity contribution in [1.82, 2.24) is 15.5 Å². The molecule has 0 aliphatic heterocycles. The fourth-order valence-corrected chi connectivity index (χ4v) is 1.03. The van der Waals surface area contributed by atoms with Crippen molar-refractivity contribution >= 4 is 11.8 Å². The number of nitrogens with zero attached hydrogens (tertiary/aromatic N) is 1. The van der Waals surface area contributed by atoms with Crippen molar-refractivity contribution in [2.24, 2.45) is 0 Å². The molecule has 0 bridgehead atoms. The molecule has 0 aromatic rings. The van der Waals surface area contributed by atoms with Crippen LogP contribution in [0.2, 0.25) is 0 Å². The molecule has 0 aromatic carbocycles. The van der Waals surface area contributed by atoms with Gasteiger partial charge in [0.1, 0.15) is 6.54 Å². The number of alkyl halides is 3. The number of likely N-dealkylation sites (N-methyl/N-ethyl adjacent to an activating group) is 1. The molecule has 2 amide bonds. The monoisotopic (exact) mass is 283 g/mol. The van der Waals surface area contributed by atoms with Gasteiger partial charge in [-0.25, -0.2) is 0 Å². The summed E-state index contributed by atoms with van der Waals surface area (Å²) in [5.41, 5.74) is -0.255. The van der Waals surface area contributed by atoms with Crippen molar-refractivity contribution < 1.29 is 22.8 Å². The van der Waals surface area contributed by atoms with Crippen LogP contribution >= 0.6 is 0 Å². The fraction of sp³-hybridized carbons (Fsp3) is 0.818. The lowest BCUT2D eigenvalue weighted by Crippen LogP contribution is -2.47. The van der Waals surface area contributed by atoms with Crippen molar-refractivity contribution in [1.29, 1.82) is 0 Å². The van der Waals surface area contributed by atoms with E-state index >= 15 is 0 Å². The van der Waals surface area contributed by atoms with Gasteiger partial charge in [0.2, 0.25) is 11.8 Å². The van der Waals surface area contributed by atoms with Gasteiger partial charge in [-0.1, -0.05) is 0 Å². The van der Waals surface area contributed by atoms with Crippen molar-refractivity contribution in [3.63, 3.8) is 0 Å². The Morgan fingerprint density at radius 2 is 1.68 bits per heavy atom. The minimum atomic E-state index is -4.45. The molecule has 2 N–H and O–H groups in total. The normalized spacial score (nSPS) is 12.2. The number of halogens is 3. The van der Waals surface area contributed by atoms with E-state index in [4.69, 9.17) is 0 Å². The Morgan fingerprint density at radius 1 is 1.16 bits per heavy atom. The van der Waals surface area contributed by atoms with Crippen LogP contribution in [0.1, 0.15) is 20.8 Å². The molecular weight excluding hydrogens is 263 g/mol. The zero-order valence-corrected chi connectivity index (χ0v) is 11.5. The largest absolute Gasteiger partial charge is 0.405 e. The molecule has 0 saturated heterocycles. The van der Waals surface area contributed by atoms with Crippen LogP contribution in [-0.2, 0) is 9.59 Å². The van der Waals surface area contributed by atoms with Gasteiger partial charge in [-0.15, -0.1) is 0 Å². The lowest BCUT2D eigenvalue weighted by atomic mass is 10.1. The second-order valence-corrected chi connectivity index (χ2v) is 5.25. The second kappa shape index (κ2) is 6.74. The molecule has 19 heavy (non-hydrogen) atoms. The Labute approximate surface area is 110 Å². The number of rotatable bonds is 5. The van der Waals surface area contributed by atoms with Crippen molar-refractivity contribution in [3.8, 4) is 0 Å².